The van der Waals surface area contributed by atoms with Gasteiger partial charge in [0.1, 0.15) is 17.2 Å². The number of fused-ring (bicyclic) bond motifs is 1. The van der Waals surface area contributed by atoms with Crippen LogP contribution in [0.4, 0.5) is 4.39 Å². The highest BCUT2D eigenvalue weighted by Crippen LogP contribution is 2.40. The van der Waals surface area contributed by atoms with E-state index in [0.717, 1.165) is 18.7 Å². The minimum absolute atomic E-state index is 0.0611. The number of carbonyl (C=O) groups excluding carboxylic acids is 2. The topological polar surface area (TPSA) is 87.4 Å². The Morgan fingerprint density at radius 1 is 1.14 bits per heavy atom. The molecule has 2 fully saturated rings. The number of benzene rings is 1. The van der Waals surface area contributed by atoms with Crippen LogP contribution in [0.3, 0.4) is 0 Å². The van der Waals surface area contributed by atoms with Crippen LogP contribution >= 0.6 is 0 Å². The minimum atomic E-state index is -0.915. The standard InChI is InChI=1S/C26H27FN4O4/c1-16-5-4-8-30-21(17(2)28-25(16)30)23(32)20-22(18-6-3-7-19(27)15-18)31(26(34)24(20)33)10-9-29-11-13-35-14-12-29/h3-8,15,22,32H,9-14H2,1-2H3/b23-20+/t22-/m0/s1. The number of amides is 1. The van der Waals surface area contributed by atoms with Gasteiger partial charge >= 0.3 is 0 Å². The first-order valence-electron chi connectivity index (χ1n) is 11.7. The second kappa shape index (κ2) is 9.24. The van der Waals surface area contributed by atoms with Gasteiger partial charge in [-0.1, -0.05) is 18.2 Å². The van der Waals surface area contributed by atoms with Crippen molar-refractivity contribution in [3.63, 3.8) is 0 Å². The number of aromatic nitrogens is 2. The number of aliphatic hydroxyl groups is 1. The molecule has 0 bridgehead atoms. The van der Waals surface area contributed by atoms with Crippen LogP contribution in [-0.4, -0.2) is 75.4 Å². The molecule has 2 saturated heterocycles. The summed E-state index contributed by atoms with van der Waals surface area (Å²) in [5, 5.41) is 11.5. The number of halogens is 1. The minimum Gasteiger partial charge on any atom is -0.505 e. The summed E-state index contributed by atoms with van der Waals surface area (Å²) >= 11 is 0. The second-order valence-electron chi connectivity index (χ2n) is 8.93. The smallest absolute Gasteiger partial charge is 0.295 e. The zero-order chi connectivity index (χ0) is 24.7. The SMILES string of the molecule is Cc1nc2c(C)cccn2c1/C(O)=C1\C(=O)C(=O)N(CCN2CCOCC2)[C@H]1c1cccc(F)c1. The van der Waals surface area contributed by atoms with Gasteiger partial charge in [0.05, 0.1) is 30.5 Å². The van der Waals surface area contributed by atoms with E-state index in [-0.39, 0.29) is 17.9 Å². The number of nitrogens with zero attached hydrogens (tertiary/aromatic N) is 4. The summed E-state index contributed by atoms with van der Waals surface area (Å²) in [7, 11) is 0. The lowest BCUT2D eigenvalue weighted by molar-refractivity contribution is -0.140. The lowest BCUT2D eigenvalue weighted by Crippen LogP contribution is -2.42. The van der Waals surface area contributed by atoms with E-state index in [4.69, 9.17) is 4.74 Å². The number of imidazole rings is 1. The molecule has 0 spiro atoms. The summed E-state index contributed by atoms with van der Waals surface area (Å²) in [4.78, 5) is 34.7. The zero-order valence-electron chi connectivity index (χ0n) is 19.7. The number of morpholine rings is 1. The van der Waals surface area contributed by atoms with Crippen LogP contribution in [0.2, 0.25) is 0 Å². The van der Waals surface area contributed by atoms with Gasteiger partial charge in [0.2, 0.25) is 0 Å². The maximum absolute atomic E-state index is 14.2. The fraction of sp³-hybridized carbons (Fsp3) is 0.346. The number of aliphatic hydroxyl groups excluding tert-OH is 1. The fourth-order valence-electron chi connectivity index (χ4n) is 4.94. The van der Waals surface area contributed by atoms with Crippen molar-refractivity contribution in [2.75, 3.05) is 39.4 Å². The number of likely N-dealkylation sites (tertiary alicyclic amines) is 1. The van der Waals surface area contributed by atoms with Gasteiger partial charge in [-0.15, -0.1) is 0 Å². The first kappa shape index (κ1) is 23.2. The second-order valence-corrected chi connectivity index (χ2v) is 8.93. The van der Waals surface area contributed by atoms with Crippen molar-refractivity contribution in [3.05, 3.63) is 76.5 Å². The van der Waals surface area contributed by atoms with E-state index in [1.807, 2.05) is 19.1 Å². The average molecular weight is 479 g/mol. The van der Waals surface area contributed by atoms with Crippen molar-refractivity contribution in [2.24, 2.45) is 0 Å². The summed E-state index contributed by atoms with van der Waals surface area (Å²) in [5.74, 6) is -2.30. The third kappa shape index (κ3) is 4.11. The summed E-state index contributed by atoms with van der Waals surface area (Å²) in [6.07, 6.45) is 1.75. The first-order valence-corrected chi connectivity index (χ1v) is 11.7. The molecule has 3 aromatic rings. The van der Waals surface area contributed by atoms with E-state index >= 15 is 0 Å². The van der Waals surface area contributed by atoms with Crippen LogP contribution in [0.1, 0.15) is 28.6 Å². The van der Waals surface area contributed by atoms with Crippen molar-refractivity contribution >= 4 is 23.1 Å². The Hall–Kier alpha value is -3.56. The number of aryl methyl sites for hydroxylation is 2. The van der Waals surface area contributed by atoms with Crippen molar-refractivity contribution in [2.45, 2.75) is 19.9 Å². The highest BCUT2D eigenvalue weighted by molar-refractivity contribution is 6.46. The molecular formula is C26H27FN4O4. The molecule has 9 heteroatoms. The molecule has 2 aliphatic heterocycles. The molecule has 1 atom stereocenters. The van der Waals surface area contributed by atoms with Gasteiger partial charge in [0, 0.05) is 32.4 Å². The van der Waals surface area contributed by atoms with E-state index in [1.165, 1.54) is 23.1 Å². The Labute approximate surface area is 202 Å². The Morgan fingerprint density at radius 3 is 2.66 bits per heavy atom. The number of hydrogen-bond acceptors (Lipinski definition) is 6. The molecule has 2 aromatic heterocycles. The summed E-state index contributed by atoms with van der Waals surface area (Å²) < 4.78 is 21.3. The highest BCUT2D eigenvalue weighted by Gasteiger charge is 2.46. The third-order valence-corrected chi connectivity index (χ3v) is 6.71. The van der Waals surface area contributed by atoms with Crippen LogP contribution in [0.15, 0.2) is 48.2 Å². The number of carbonyl (C=O) groups is 2. The molecule has 1 aromatic carbocycles. The highest BCUT2D eigenvalue weighted by atomic mass is 19.1. The van der Waals surface area contributed by atoms with Crippen LogP contribution in [0.25, 0.3) is 11.4 Å². The Balaban J connectivity index is 1.63. The third-order valence-electron chi connectivity index (χ3n) is 6.71. The van der Waals surface area contributed by atoms with E-state index < -0.39 is 23.5 Å². The van der Waals surface area contributed by atoms with Crippen LogP contribution < -0.4 is 0 Å². The molecular weight excluding hydrogens is 451 g/mol. The van der Waals surface area contributed by atoms with Crippen molar-refractivity contribution in [3.8, 4) is 0 Å². The van der Waals surface area contributed by atoms with Gasteiger partial charge in [0.25, 0.3) is 11.7 Å². The van der Waals surface area contributed by atoms with E-state index in [0.29, 0.717) is 42.4 Å². The van der Waals surface area contributed by atoms with Gasteiger partial charge < -0.3 is 14.7 Å². The predicted molar refractivity (Wildman–Crippen MR) is 127 cm³/mol. The van der Waals surface area contributed by atoms with Crippen molar-refractivity contribution in [1.82, 2.24) is 19.2 Å². The summed E-state index contributed by atoms with van der Waals surface area (Å²) in [5.41, 5.74) is 2.78. The summed E-state index contributed by atoms with van der Waals surface area (Å²) in [6.45, 7) is 7.13. The normalized spacial score (nSPS) is 20.8. The number of Topliss-reactive ketones (excluding diaryl/α,β-unsaturated/α-hetero) is 1. The number of ketones is 1. The van der Waals surface area contributed by atoms with Crippen molar-refractivity contribution < 1.29 is 23.8 Å². The number of ether oxygens (including phenoxy) is 1. The molecule has 1 amide bonds. The molecule has 4 heterocycles. The molecule has 8 nitrogen and oxygen atoms in total. The molecule has 0 unspecified atom stereocenters. The maximum Gasteiger partial charge on any atom is 0.295 e. The molecule has 5 rings (SSSR count). The Kier molecular flexibility index (Phi) is 6.12. The van der Waals surface area contributed by atoms with Gasteiger partial charge in [-0.3, -0.25) is 18.9 Å². The number of hydrogen-bond donors (Lipinski definition) is 1. The number of pyridine rings is 1. The molecule has 2 aliphatic rings. The molecule has 0 aliphatic carbocycles. The predicted octanol–water partition coefficient (Wildman–Crippen LogP) is 2.84. The van der Waals surface area contributed by atoms with Gasteiger partial charge in [-0.05, 0) is 43.2 Å². The van der Waals surface area contributed by atoms with Gasteiger partial charge in [-0.25, -0.2) is 9.37 Å². The van der Waals surface area contributed by atoms with Gasteiger partial charge in [-0.2, -0.15) is 0 Å². The fourth-order valence-corrected chi connectivity index (χ4v) is 4.94. The summed E-state index contributed by atoms with van der Waals surface area (Å²) in [6, 6.07) is 8.63. The molecule has 0 saturated carbocycles. The lowest BCUT2D eigenvalue weighted by Gasteiger charge is -2.31. The lowest BCUT2D eigenvalue weighted by atomic mass is 9.96. The monoisotopic (exact) mass is 478 g/mol. The zero-order valence-corrected chi connectivity index (χ0v) is 19.7. The van der Waals surface area contributed by atoms with E-state index in [1.54, 1.807) is 23.6 Å². The van der Waals surface area contributed by atoms with E-state index in [2.05, 4.69) is 9.88 Å². The molecule has 182 valence electrons. The Morgan fingerprint density at radius 2 is 1.91 bits per heavy atom. The van der Waals surface area contributed by atoms with Crippen molar-refractivity contribution in [1.29, 1.82) is 0 Å². The molecule has 1 N–H and O–H groups in total. The van der Waals surface area contributed by atoms with E-state index in [9.17, 15) is 19.1 Å². The number of rotatable bonds is 5. The van der Waals surface area contributed by atoms with Gasteiger partial charge in [0.15, 0.2) is 5.76 Å². The quantitative estimate of drug-likeness (QED) is 0.345. The van der Waals surface area contributed by atoms with Crippen LogP contribution in [0.5, 0.6) is 0 Å². The molecule has 35 heavy (non-hydrogen) atoms. The van der Waals surface area contributed by atoms with Crippen LogP contribution in [-0.2, 0) is 14.3 Å². The largest absolute Gasteiger partial charge is 0.505 e. The average Bonchev–Trinajstić information content (AvgIpc) is 3.32. The van der Waals surface area contributed by atoms with Crippen LogP contribution in [0, 0.1) is 19.7 Å². The Bertz CT molecular complexity index is 1340. The molecule has 0 radical (unpaired) electrons. The maximum atomic E-state index is 14.2. The first-order chi connectivity index (χ1) is 16.9.